The van der Waals surface area contributed by atoms with Crippen molar-refractivity contribution in [3.8, 4) is 0 Å². The Morgan fingerprint density at radius 2 is 2.00 bits per heavy atom. The summed E-state index contributed by atoms with van der Waals surface area (Å²) < 4.78 is 27.0. The Morgan fingerprint density at radius 1 is 1.33 bits per heavy atom. The number of likely N-dealkylation sites (N-methyl/N-ethyl adjacent to an activating group) is 1. The van der Waals surface area contributed by atoms with Gasteiger partial charge >= 0.3 is 0 Å². The van der Waals surface area contributed by atoms with Gasteiger partial charge in [-0.15, -0.1) is 0 Å². The smallest absolute Gasteiger partial charge is 0.246 e. The monoisotopic (exact) mass is 313 g/mol. The first-order valence-electron chi connectivity index (χ1n) is 7.21. The maximum absolute atomic E-state index is 12.7. The summed E-state index contributed by atoms with van der Waals surface area (Å²) in [7, 11) is -1.52. The number of nitrogens with one attached hydrogen (secondary N) is 1. The molecule has 0 saturated carbocycles. The summed E-state index contributed by atoms with van der Waals surface area (Å²) >= 11 is 0. The lowest BCUT2D eigenvalue weighted by Crippen LogP contribution is -2.41. The van der Waals surface area contributed by atoms with Gasteiger partial charge in [-0.3, -0.25) is 0 Å². The summed E-state index contributed by atoms with van der Waals surface area (Å²) in [4.78, 5) is 10.4. The normalized spacial score (nSPS) is 22.0. The molecular formula is C13H23N5O2S. The van der Waals surface area contributed by atoms with E-state index < -0.39 is 10.0 Å². The Kier molecular flexibility index (Phi) is 5.13. The van der Waals surface area contributed by atoms with E-state index in [1.807, 2.05) is 20.9 Å². The van der Waals surface area contributed by atoms with Gasteiger partial charge in [-0.05, 0) is 33.9 Å². The summed E-state index contributed by atoms with van der Waals surface area (Å²) in [6.45, 7) is 6.74. The first-order valence-corrected chi connectivity index (χ1v) is 8.65. The molecule has 0 spiro atoms. The van der Waals surface area contributed by atoms with Gasteiger partial charge in [0.25, 0.3) is 0 Å². The van der Waals surface area contributed by atoms with Crippen molar-refractivity contribution < 1.29 is 8.42 Å². The van der Waals surface area contributed by atoms with Crippen LogP contribution in [0.3, 0.4) is 0 Å². The van der Waals surface area contributed by atoms with Crippen molar-refractivity contribution >= 4 is 16.0 Å². The fourth-order valence-electron chi connectivity index (χ4n) is 2.54. The van der Waals surface area contributed by atoms with Gasteiger partial charge < -0.3 is 10.2 Å². The average molecular weight is 313 g/mol. The summed E-state index contributed by atoms with van der Waals surface area (Å²) in [5.74, 6) is 0.445. The second-order valence-electron chi connectivity index (χ2n) is 5.35. The highest BCUT2D eigenvalue weighted by atomic mass is 32.2. The molecule has 118 valence electrons. The van der Waals surface area contributed by atoms with Crippen molar-refractivity contribution in [2.45, 2.75) is 31.2 Å². The molecule has 1 unspecified atom stereocenters. The third-order valence-corrected chi connectivity index (χ3v) is 5.52. The van der Waals surface area contributed by atoms with E-state index >= 15 is 0 Å². The molecule has 0 aliphatic carbocycles. The molecule has 1 aromatic rings. The zero-order chi connectivity index (χ0) is 15.5. The Morgan fingerprint density at radius 3 is 2.62 bits per heavy atom. The zero-order valence-electron chi connectivity index (χ0n) is 12.8. The van der Waals surface area contributed by atoms with Crippen molar-refractivity contribution in [1.82, 2.24) is 19.2 Å². The molecule has 1 fully saturated rings. The molecule has 0 radical (unpaired) electrons. The summed E-state index contributed by atoms with van der Waals surface area (Å²) in [6, 6.07) is -0.0593. The standard InChI is InChI=1S/C13H23N5O2S/c1-4-14-13-15-8-12(9-16-13)21(19,20)18-7-5-6-17(3)10-11(18)2/h8-9,11H,4-7,10H2,1-3H3,(H,14,15,16). The third-order valence-electron chi connectivity index (χ3n) is 3.56. The summed E-state index contributed by atoms with van der Waals surface area (Å²) in [5, 5.41) is 2.95. The van der Waals surface area contributed by atoms with Crippen LogP contribution in [0.5, 0.6) is 0 Å². The number of rotatable bonds is 4. The Labute approximate surface area is 126 Å². The summed E-state index contributed by atoms with van der Waals surface area (Å²) in [5.41, 5.74) is 0. The van der Waals surface area contributed by atoms with E-state index in [4.69, 9.17) is 0 Å². The van der Waals surface area contributed by atoms with E-state index in [9.17, 15) is 8.42 Å². The summed E-state index contributed by atoms with van der Waals surface area (Å²) in [6.07, 6.45) is 3.58. The molecule has 0 aromatic carbocycles. The highest BCUT2D eigenvalue weighted by molar-refractivity contribution is 7.89. The molecule has 1 atom stereocenters. The zero-order valence-corrected chi connectivity index (χ0v) is 13.6. The quantitative estimate of drug-likeness (QED) is 0.878. The second kappa shape index (κ2) is 6.67. The van der Waals surface area contributed by atoms with E-state index in [0.29, 0.717) is 19.0 Å². The first-order chi connectivity index (χ1) is 9.95. The van der Waals surface area contributed by atoms with E-state index in [-0.39, 0.29) is 10.9 Å². The lowest BCUT2D eigenvalue weighted by atomic mass is 10.3. The maximum Gasteiger partial charge on any atom is 0.246 e. The van der Waals surface area contributed by atoms with Crippen molar-refractivity contribution in [1.29, 1.82) is 0 Å². The number of aromatic nitrogens is 2. The second-order valence-corrected chi connectivity index (χ2v) is 7.24. The van der Waals surface area contributed by atoms with Gasteiger partial charge in [0.05, 0.1) is 12.4 Å². The first kappa shape index (κ1) is 16.1. The highest BCUT2D eigenvalue weighted by Gasteiger charge is 2.31. The van der Waals surface area contributed by atoms with Crippen LogP contribution >= 0.6 is 0 Å². The van der Waals surface area contributed by atoms with Crippen LogP contribution in [-0.2, 0) is 10.0 Å². The molecule has 8 heteroatoms. The molecule has 2 heterocycles. The largest absolute Gasteiger partial charge is 0.355 e. The van der Waals surface area contributed by atoms with Crippen molar-refractivity contribution in [2.24, 2.45) is 0 Å². The number of nitrogens with zero attached hydrogens (tertiary/aromatic N) is 4. The SMILES string of the molecule is CCNc1ncc(S(=O)(=O)N2CCCN(C)CC2C)cn1. The lowest BCUT2D eigenvalue weighted by Gasteiger charge is -2.26. The van der Waals surface area contributed by atoms with E-state index in [1.54, 1.807) is 4.31 Å². The van der Waals surface area contributed by atoms with Crippen LogP contribution in [0.25, 0.3) is 0 Å². The van der Waals surface area contributed by atoms with Crippen LogP contribution < -0.4 is 5.32 Å². The number of hydrogen-bond acceptors (Lipinski definition) is 6. The molecule has 0 bridgehead atoms. The van der Waals surface area contributed by atoms with E-state index in [1.165, 1.54) is 12.4 Å². The Balaban J connectivity index is 2.23. The van der Waals surface area contributed by atoms with Crippen molar-refractivity contribution in [3.63, 3.8) is 0 Å². The molecule has 7 nitrogen and oxygen atoms in total. The lowest BCUT2D eigenvalue weighted by molar-refractivity contribution is 0.290. The minimum atomic E-state index is -3.54. The number of anilines is 1. The van der Waals surface area contributed by atoms with Gasteiger partial charge in [0.2, 0.25) is 16.0 Å². The highest BCUT2D eigenvalue weighted by Crippen LogP contribution is 2.20. The Bertz CT molecular complexity index is 560. The predicted octanol–water partition coefficient (Wildman–Crippen LogP) is 0.623. The minimum absolute atomic E-state index is 0.0593. The molecule has 1 aliphatic rings. The molecule has 21 heavy (non-hydrogen) atoms. The fraction of sp³-hybridized carbons (Fsp3) is 0.692. The Hall–Kier alpha value is -1.25. The van der Waals surface area contributed by atoms with Gasteiger partial charge in [0.15, 0.2) is 0 Å². The molecule has 1 saturated heterocycles. The van der Waals surface area contributed by atoms with Gasteiger partial charge in [0, 0.05) is 25.7 Å². The van der Waals surface area contributed by atoms with Crippen molar-refractivity contribution in [3.05, 3.63) is 12.4 Å². The van der Waals surface area contributed by atoms with Crippen LogP contribution in [0.1, 0.15) is 20.3 Å². The molecule has 1 aromatic heterocycles. The minimum Gasteiger partial charge on any atom is -0.355 e. The van der Waals surface area contributed by atoms with Gasteiger partial charge in [-0.25, -0.2) is 18.4 Å². The third kappa shape index (κ3) is 3.69. The maximum atomic E-state index is 12.7. The molecular weight excluding hydrogens is 290 g/mol. The number of sulfonamides is 1. The van der Waals surface area contributed by atoms with Crippen molar-refractivity contribution in [2.75, 3.05) is 38.5 Å². The molecule has 1 aliphatic heterocycles. The predicted molar refractivity (Wildman–Crippen MR) is 81.7 cm³/mol. The van der Waals surface area contributed by atoms with Gasteiger partial charge in [0.1, 0.15) is 4.90 Å². The van der Waals surface area contributed by atoms with Crippen LogP contribution in [0.15, 0.2) is 17.3 Å². The molecule has 1 N–H and O–H groups in total. The van der Waals surface area contributed by atoms with E-state index in [2.05, 4.69) is 20.2 Å². The van der Waals surface area contributed by atoms with E-state index in [0.717, 1.165) is 19.5 Å². The van der Waals surface area contributed by atoms with Crippen LogP contribution in [0, 0.1) is 0 Å². The fourth-order valence-corrected chi connectivity index (χ4v) is 4.09. The number of hydrogen-bond donors (Lipinski definition) is 1. The van der Waals surface area contributed by atoms with Gasteiger partial charge in [-0.1, -0.05) is 0 Å². The van der Waals surface area contributed by atoms with Crippen LogP contribution in [0.4, 0.5) is 5.95 Å². The average Bonchev–Trinajstić information content (AvgIpc) is 2.60. The molecule has 0 amide bonds. The van der Waals surface area contributed by atoms with Gasteiger partial charge in [-0.2, -0.15) is 4.31 Å². The van der Waals surface area contributed by atoms with Crippen LogP contribution in [-0.4, -0.2) is 66.9 Å². The topological polar surface area (TPSA) is 78.4 Å². The van der Waals surface area contributed by atoms with Crippen LogP contribution in [0.2, 0.25) is 0 Å². The molecule has 2 rings (SSSR count).